The molecule has 0 aliphatic rings. The molecule has 4 heteroatoms. The summed E-state index contributed by atoms with van der Waals surface area (Å²) in [6.45, 7) is 6.70. The van der Waals surface area contributed by atoms with Crippen LogP contribution in [0, 0.1) is 0 Å². The van der Waals surface area contributed by atoms with Crippen molar-refractivity contribution in [2.45, 2.75) is 46.1 Å². The number of hydrogen-bond donors (Lipinski definition) is 2. The molecule has 1 aromatic rings. The number of hydrogen-bond acceptors (Lipinski definition) is 3. The van der Waals surface area contributed by atoms with Crippen LogP contribution >= 0.6 is 0 Å². The van der Waals surface area contributed by atoms with E-state index < -0.39 is 0 Å². The molecule has 0 fully saturated rings. The van der Waals surface area contributed by atoms with Gasteiger partial charge in [0.05, 0.1) is 0 Å². The maximum absolute atomic E-state index is 12.5. The van der Waals surface area contributed by atoms with Crippen LogP contribution in [0.15, 0.2) is 18.2 Å². The Balaban J connectivity index is 3.05. The van der Waals surface area contributed by atoms with Gasteiger partial charge < -0.3 is 15.1 Å². The van der Waals surface area contributed by atoms with Crippen LogP contribution in [0.3, 0.4) is 0 Å². The minimum atomic E-state index is -0.307. The van der Waals surface area contributed by atoms with Gasteiger partial charge in [-0.2, -0.15) is 0 Å². The third-order valence-electron chi connectivity index (χ3n) is 3.37. The highest BCUT2D eigenvalue weighted by Crippen LogP contribution is 2.28. The highest BCUT2D eigenvalue weighted by molar-refractivity contribution is 5.99. The SMILES string of the molecule is CCCCN(C(=O)c1c(O)cccc1O)C(C)CC. The summed E-state index contributed by atoms with van der Waals surface area (Å²) in [5, 5.41) is 19.6. The zero-order valence-corrected chi connectivity index (χ0v) is 11.9. The Morgan fingerprint density at radius 2 is 1.84 bits per heavy atom. The van der Waals surface area contributed by atoms with E-state index in [2.05, 4.69) is 6.92 Å². The summed E-state index contributed by atoms with van der Waals surface area (Å²) in [5.41, 5.74) is -0.00102. The van der Waals surface area contributed by atoms with E-state index in [9.17, 15) is 15.0 Å². The minimum Gasteiger partial charge on any atom is -0.507 e. The van der Waals surface area contributed by atoms with Gasteiger partial charge in [-0.05, 0) is 31.9 Å². The van der Waals surface area contributed by atoms with Crippen LogP contribution in [-0.4, -0.2) is 33.6 Å². The third-order valence-corrected chi connectivity index (χ3v) is 3.37. The highest BCUT2D eigenvalue weighted by Gasteiger charge is 2.24. The minimum absolute atomic E-state index is 0.00102. The van der Waals surface area contributed by atoms with Crippen LogP contribution in [0.2, 0.25) is 0 Å². The largest absolute Gasteiger partial charge is 0.507 e. The standard InChI is InChI=1S/C15H23NO3/c1-4-6-10-16(11(3)5-2)15(19)14-12(17)8-7-9-13(14)18/h7-9,11,17-18H,4-6,10H2,1-3H3. The first kappa shape index (κ1) is 15.3. The molecule has 0 aromatic heterocycles. The first-order chi connectivity index (χ1) is 9.02. The molecule has 2 N–H and O–H groups in total. The van der Waals surface area contributed by atoms with Gasteiger partial charge in [-0.1, -0.05) is 26.3 Å². The first-order valence-corrected chi connectivity index (χ1v) is 6.84. The second-order valence-corrected chi connectivity index (χ2v) is 4.78. The predicted octanol–water partition coefficient (Wildman–Crippen LogP) is 3.14. The number of aromatic hydroxyl groups is 2. The molecule has 0 heterocycles. The van der Waals surface area contributed by atoms with Gasteiger partial charge in [-0.3, -0.25) is 4.79 Å². The lowest BCUT2D eigenvalue weighted by atomic mass is 10.1. The van der Waals surface area contributed by atoms with E-state index in [1.54, 1.807) is 4.90 Å². The summed E-state index contributed by atoms with van der Waals surface area (Å²) < 4.78 is 0. The first-order valence-electron chi connectivity index (χ1n) is 6.84. The van der Waals surface area contributed by atoms with Gasteiger partial charge in [0.15, 0.2) is 0 Å². The Bertz CT molecular complexity index is 411. The fraction of sp³-hybridized carbons (Fsp3) is 0.533. The molecule has 0 aliphatic heterocycles. The quantitative estimate of drug-likeness (QED) is 0.830. The summed E-state index contributed by atoms with van der Waals surface area (Å²) >= 11 is 0. The number of carbonyl (C=O) groups is 1. The fourth-order valence-corrected chi connectivity index (χ4v) is 1.96. The van der Waals surface area contributed by atoms with Crippen molar-refractivity contribution in [2.75, 3.05) is 6.54 Å². The molecule has 19 heavy (non-hydrogen) atoms. The van der Waals surface area contributed by atoms with Crippen molar-refractivity contribution in [1.29, 1.82) is 0 Å². The van der Waals surface area contributed by atoms with Gasteiger partial charge in [0.1, 0.15) is 17.1 Å². The number of nitrogens with zero attached hydrogens (tertiary/aromatic N) is 1. The second kappa shape index (κ2) is 7.02. The third kappa shape index (κ3) is 3.63. The molecule has 0 aliphatic carbocycles. The molecule has 1 atom stereocenters. The number of phenols is 2. The molecule has 0 spiro atoms. The number of carbonyl (C=O) groups excluding carboxylic acids is 1. The Morgan fingerprint density at radius 1 is 1.26 bits per heavy atom. The van der Waals surface area contributed by atoms with Gasteiger partial charge in [-0.15, -0.1) is 0 Å². The summed E-state index contributed by atoms with van der Waals surface area (Å²) in [6, 6.07) is 4.43. The van der Waals surface area contributed by atoms with Gasteiger partial charge in [0.25, 0.3) is 5.91 Å². The van der Waals surface area contributed by atoms with Crippen molar-refractivity contribution in [3.05, 3.63) is 23.8 Å². The molecule has 4 nitrogen and oxygen atoms in total. The normalized spacial score (nSPS) is 12.2. The maximum atomic E-state index is 12.5. The molecule has 0 saturated carbocycles. The van der Waals surface area contributed by atoms with Crippen LogP contribution in [0.1, 0.15) is 50.4 Å². The van der Waals surface area contributed by atoms with E-state index in [0.717, 1.165) is 19.3 Å². The summed E-state index contributed by atoms with van der Waals surface area (Å²) in [4.78, 5) is 14.2. The van der Waals surface area contributed by atoms with Crippen molar-refractivity contribution in [3.8, 4) is 11.5 Å². The fourth-order valence-electron chi connectivity index (χ4n) is 1.96. The molecule has 1 amide bonds. The Morgan fingerprint density at radius 3 is 2.32 bits per heavy atom. The highest BCUT2D eigenvalue weighted by atomic mass is 16.3. The predicted molar refractivity (Wildman–Crippen MR) is 75.5 cm³/mol. The van der Waals surface area contributed by atoms with Gasteiger partial charge in [0, 0.05) is 12.6 Å². The van der Waals surface area contributed by atoms with E-state index in [1.165, 1.54) is 18.2 Å². The summed E-state index contributed by atoms with van der Waals surface area (Å²) in [7, 11) is 0. The molecular formula is C15H23NO3. The van der Waals surface area contributed by atoms with Gasteiger partial charge in [-0.25, -0.2) is 0 Å². The van der Waals surface area contributed by atoms with E-state index in [-0.39, 0.29) is 29.0 Å². The molecule has 1 rings (SSSR count). The van der Waals surface area contributed by atoms with Crippen LogP contribution in [-0.2, 0) is 0 Å². The molecule has 0 saturated heterocycles. The van der Waals surface area contributed by atoms with Crippen molar-refractivity contribution >= 4 is 5.91 Å². The molecule has 0 bridgehead atoms. The zero-order chi connectivity index (χ0) is 14.4. The van der Waals surface area contributed by atoms with Crippen molar-refractivity contribution in [1.82, 2.24) is 4.90 Å². The molecule has 106 valence electrons. The van der Waals surface area contributed by atoms with Gasteiger partial charge >= 0.3 is 0 Å². The second-order valence-electron chi connectivity index (χ2n) is 4.78. The Kier molecular flexibility index (Phi) is 5.67. The zero-order valence-electron chi connectivity index (χ0n) is 11.9. The molecule has 0 radical (unpaired) electrons. The number of amides is 1. The van der Waals surface area contributed by atoms with Crippen molar-refractivity contribution < 1.29 is 15.0 Å². The summed E-state index contributed by atoms with van der Waals surface area (Å²) in [6.07, 6.45) is 2.74. The van der Waals surface area contributed by atoms with E-state index in [4.69, 9.17) is 0 Å². The van der Waals surface area contributed by atoms with Crippen LogP contribution in [0.25, 0.3) is 0 Å². The number of phenolic OH excluding ortho intramolecular Hbond substituents is 2. The number of benzene rings is 1. The lowest BCUT2D eigenvalue weighted by molar-refractivity contribution is 0.0679. The van der Waals surface area contributed by atoms with E-state index in [0.29, 0.717) is 6.54 Å². The van der Waals surface area contributed by atoms with E-state index in [1.807, 2.05) is 13.8 Å². The Hall–Kier alpha value is -1.71. The molecular weight excluding hydrogens is 242 g/mol. The topological polar surface area (TPSA) is 60.8 Å². The maximum Gasteiger partial charge on any atom is 0.261 e. The average molecular weight is 265 g/mol. The van der Waals surface area contributed by atoms with Gasteiger partial charge in [0.2, 0.25) is 0 Å². The monoisotopic (exact) mass is 265 g/mol. The lowest BCUT2D eigenvalue weighted by Gasteiger charge is -2.29. The average Bonchev–Trinajstić information content (AvgIpc) is 2.38. The van der Waals surface area contributed by atoms with Crippen LogP contribution < -0.4 is 0 Å². The smallest absolute Gasteiger partial charge is 0.261 e. The molecule has 1 aromatic carbocycles. The lowest BCUT2D eigenvalue weighted by Crippen LogP contribution is -2.39. The van der Waals surface area contributed by atoms with Crippen LogP contribution in [0.4, 0.5) is 0 Å². The number of unbranched alkanes of at least 4 members (excludes halogenated alkanes) is 1. The molecule has 1 unspecified atom stereocenters. The summed E-state index contributed by atoms with van der Waals surface area (Å²) in [5.74, 6) is -0.650. The van der Waals surface area contributed by atoms with Crippen LogP contribution in [0.5, 0.6) is 11.5 Å². The van der Waals surface area contributed by atoms with Crippen molar-refractivity contribution in [2.24, 2.45) is 0 Å². The van der Waals surface area contributed by atoms with E-state index >= 15 is 0 Å². The number of rotatable bonds is 6. The Labute approximate surface area is 114 Å². The van der Waals surface area contributed by atoms with Crippen molar-refractivity contribution in [3.63, 3.8) is 0 Å².